The van der Waals surface area contributed by atoms with Crippen LogP contribution in [0.5, 0.6) is 0 Å². The standard InChI is InChI=1S/C14H16BrNO/c15-10-4-5-11-12(8-10)14(17)9-13(11)16-6-2-1-3-7-16/h4-5,8,13H,1-3,6-7,9H2. The molecule has 2 nitrogen and oxygen atoms in total. The SMILES string of the molecule is O=C1CC(N2CCCCC2)c2ccc(Br)cc21. The molecule has 3 heteroatoms. The summed E-state index contributed by atoms with van der Waals surface area (Å²) >= 11 is 3.44. The summed E-state index contributed by atoms with van der Waals surface area (Å²) in [6.07, 6.45) is 4.56. The van der Waals surface area contributed by atoms with Gasteiger partial charge in [0.1, 0.15) is 0 Å². The Hall–Kier alpha value is -0.670. The first-order valence-electron chi connectivity index (χ1n) is 6.32. The fraction of sp³-hybridized carbons (Fsp3) is 0.500. The van der Waals surface area contributed by atoms with Gasteiger partial charge in [0.05, 0.1) is 0 Å². The molecule has 0 bridgehead atoms. The average Bonchev–Trinajstić information content (AvgIpc) is 2.68. The highest BCUT2D eigenvalue weighted by molar-refractivity contribution is 9.10. The van der Waals surface area contributed by atoms with Crippen molar-refractivity contribution >= 4 is 21.7 Å². The van der Waals surface area contributed by atoms with Gasteiger partial charge in [-0.1, -0.05) is 28.4 Å². The van der Waals surface area contributed by atoms with Crippen LogP contribution in [0, 0.1) is 0 Å². The van der Waals surface area contributed by atoms with Gasteiger partial charge in [-0.15, -0.1) is 0 Å². The third-order valence-electron chi connectivity index (χ3n) is 3.88. The van der Waals surface area contributed by atoms with Crippen molar-refractivity contribution in [3.8, 4) is 0 Å². The quantitative estimate of drug-likeness (QED) is 0.789. The molecular formula is C14H16BrNO. The molecule has 0 amide bonds. The molecule has 1 aliphatic heterocycles. The highest BCUT2D eigenvalue weighted by atomic mass is 79.9. The van der Waals surface area contributed by atoms with Crippen LogP contribution in [-0.4, -0.2) is 23.8 Å². The number of rotatable bonds is 1. The number of carbonyl (C=O) groups excluding carboxylic acids is 1. The van der Waals surface area contributed by atoms with Crippen molar-refractivity contribution in [3.63, 3.8) is 0 Å². The van der Waals surface area contributed by atoms with Crippen LogP contribution < -0.4 is 0 Å². The van der Waals surface area contributed by atoms with Gasteiger partial charge in [-0.05, 0) is 43.6 Å². The lowest BCUT2D eigenvalue weighted by atomic mass is 10.0. The second kappa shape index (κ2) is 4.54. The Bertz CT molecular complexity index is 452. The van der Waals surface area contributed by atoms with Gasteiger partial charge in [0, 0.05) is 22.5 Å². The smallest absolute Gasteiger partial charge is 0.165 e. The predicted octanol–water partition coefficient (Wildman–Crippen LogP) is 3.56. The number of hydrogen-bond acceptors (Lipinski definition) is 2. The van der Waals surface area contributed by atoms with E-state index >= 15 is 0 Å². The Morgan fingerprint density at radius 3 is 2.71 bits per heavy atom. The normalized spacial score (nSPS) is 25.0. The lowest BCUT2D eigenvalue weighted by molar-refractivity contribution is 0.0938. The zero-order valence-corrected chi connectivity index (χ0v) is 11.4. The van der Waals surface area contributed by atoms with Gasteiger partial charge in [-0.25, -0.2) is 0 Å². The molecule has 1 fully saturated rings. The van der Waals surface area contributed by atoms with Gasteiger partial charge in [-0.3, -0.25) is 9.69 Å². The van der Waals surface area contributed by atoms with E-state index in [4.69, 9.17) is 0 Å². The van der Waals surface area contributed by atoms with Gasteiger partial charge >= 0.3 is 0 Å². The van der Waals surface area contributed by atoms with E-state index in [-0.39, 0.29) is 0 Å². The Kier molecular flexibility index (Phi) is 3.05. The minimum Gasteiger partial charge on any atom is -0.296 e. The number of Topliss-reactive ketones (excluding diaryl/α,β-unsaturated/α-hetero) is 1. The molecule has 17 heavy (non-hydrogen) atoms. The Labute approximate surface area is 110 Å². The molecule has 90 valence electrons. The maximum Gasteiger partial charge on any atom is 0.165 e. The number of fused-ring (bicyclic) bond motifs is 1. The molecule has 1 aromatic rings. The summed E-state index contributed by atoms with van der Waals surface area (Å²) in [4.78, 5) is 14.5. The van der Waals surface area contributed by atoms with Crippen molar-refractivity contribution in [3.05, 3.63) is 33.8 Å². The zero-order valence-electron chi connectivity index (χ0n) is 9.79. The van der Waals surface area contributed by atoms with Crippen LogP contribution in [0.4, 0.5) is 0 Å². The van der Waals surface area contributed by atoms with Gasteiger partial charge in [0.15, 0.2) is 5.78 Å². The van der Waals surface area contributed by atoms with Crippen LogP contribution in [0.1, 0.15) is 47.6 Å². The van der Waals surface area contributed by atoms with Crippen LogP contribution in [0.15, 0.2) is 22.7 Å². The van der Waals surface area contributed by atoms with E-state index < -0.39 is 0 Å². The summed E-state index contributed by atoms with van der Waals surface area (Å²) in [5.74, 6) is 0.303. The second-order valence-electron chi connectivity index (χ2n) is 4.97. The van der Waals surface area contributed by atoms with Crippen molar-refractivity contribution in [1.82, 2.24) is 4.90 Å². The molecule has 1 aromatic carbocycles. The van der Waals surface area contributed by atoms with E-state index in [9.17, 15) is 4.79 Å². The first-order valence-corrected chi connectivity index (χ1v) is 7.12. The highest BCUT2D eigenvalue weighted by Gasteiger charge is 2.33. The zero-order chi connectivity index (χ0) is 11.8. The van der Waals surface area contributed by atoms with Crippen molar-refractivity contribution in [1.29, 1.82) is 0 Å². The number of piperidine rings is 1. The molecule has 1 saturated heterocycles. The van der Waals surface area contributed by atoms with Crippen LogP contribution in [0.25, 0.3) is 0 Å². The van der Waals surface area contributed by atoms with E-state index in [1.165, 1.54) is 24.8 Å². The van der Waals surface area contributed by atoms with E-state index in [2.05, 4.69) is 26.9 Å². The fourth-order valence-electron chi connectivity index (χ4n) is 3.01. The summed E-state index contributed by atoms with van der Waals surface area (Å²) in [7, 11) is 0. The summed E-state index contributed by atoms with van der Waals surface area (Å²) in [6.45, 7) is 2.29. The second-order valence-corrected chi connectivity index (χ2v) is 5.89. The molecule has 0 radical (unpaired) electrons. The third-order valence-corrected chi connectivity index (χ3v) is 4.38. The average molecular weight is 294 g/mol. The van der Waals surface area contributed by atoms with E-state index in [0.29, 0.717) is 18.2 Å². The molecule has 0 aromatic heterocycles. The lowest BCUT2D eigenvalue weighted by Gasteiger charge is -2.32. The fourth-order valence-corrected chi connectivity index (χ4v) is 3.37. The maximum absolute atomic E-state index is 12.0. The first-order chi connectivity index (χ1) is 8.25. The molecule has 1 unspecified atom stereocenters. The van der Waals surface area contributed by atoms with Crippen LogP contribution >= 0.6 is 15.9 Å². The largest absolute Gasteiger partial charge is 0.296 e. The van der Waals surface area contributed by atoms with Gasteiger partial charge < -0.3 is 0 Å². The molecule has 0 N–H and O–H groups in total. The number of benzene rings is 1. The molecular weight excluding hydrogens is 278 g/mol. The third kappa shape index (κ3) is 2.06. The minimum absolute atomic E-state index is 0.303. The molecule has 2 aliphatic rings. The van der Waals surface area contributed by atoms with Crippen LogP contribution in [0.2, 0.25) is 0 Å². The number of hydrogen-bond donors (Lipinski definition) is 0. The first kappa shape index (κ1) is 11.4. The van der Waals surface area contributed by atoms with Crippen LogP contribution in [0.3, 0.4) is 0 Å². The van der Waals surface area contributed by atoms with Crippen LogP contribution in [-0.2, 0) is 0 Å². The molecule has 0 spiro atoms. The maximum atomic E-state index is 12.0. The number of nitrogens with zero attached hydrogens (tertiary/aromatic N) is 1. The van der Waals surface area contributed by atoms with E-state index in [1.54, 1.807) is 0 Å². The van der Waals surface area contributed by atoms with Crippen molar-refractivity contribution in [2.45, 2.75) is 31.7 Å². The summed E-state index contributed by atoms with van der Waals surface area (Å²) in [6, 6.07) is 6.48. The summed E-state index contributed by atoms with van der Waals surface area (Å²) < 4.78 is 1.00. The number of likely N-dealkylation sites (tertiary alicyclic amines) is 1. The Morgan fingerprint density at radius 2 is 1.94 bits per heavy atom. The summed E-state index contributed by atoms with van der Waals surface area (Å²) in [5, 5.41) is 0. The molecule has 1 aliphatic carbocycles. The highest BCUT2D eigenvalue weighted by Crippen LogP contribution is 2.38. The topological polar surface area (TPSA) is 20.3 Å². The lowest BCUT2D eigenvalue weighted by Crippen LogP contribution is -2.32. The minimum atomic E-state index is 0.303. The van der Waals surface area contributed by atoms with Gasteiger partial charge in [0.25, 0.3) is 0 Å². The van der Waals surface area contributed by atoms with Gasteiger partial charge in [-0.2, -0.15) is 0 Å². The monoisotopic (exact) mass is 293 g/mol. The summed E-state index contributed by atoms with van der Waals surface area (Å²) in [5.41, 5.74) is 2.16. The predicted molar refractivity (Wildman–Crippen MR) is 71.3 cm³/mol. The number of carbonyl (C=O) groups is 1. The number of halogens is 1. The molecule has 1 atom stereocenters. The molecule has 3 rings (SSSR count). The molecule has 0 saturated carbocycles. The van der Waals surface area contributed by atoms with E-state index in [0.717, 1.165) is 23.1 Å². The van der Waals surface area contributed by atoms with Crippen molar-refractivity contribution in [2.75, 3.05) is 13.1 Å². The Morgan fingerprint density at radius 1 is 1.18 bits per heavy atom. The van der Waals surface area contributed by atoms with E-state index in [1.807, 2.05) is 12.1 Å². The van der Waals surface area contributed by atoms with Crippen molar-refractivity contribution < 1.29 is 4.79 Å². The Balaban J connectivity index is 1.92. The molecule has 1 heterocycles. The van der Waals surface area contributed by atoms with Crippen molar-refractivity contribution in [2.24, 2.45) is 0 Å². The number of ketones is 1. The van der Waals surface area contributed by atoms with Gasteiger partial charge in [0.2, 0.25) is 0 Å².